The van der Waals surface area contributed by atoms with Gasteiger partial charge in [-0.3, -0.25) is 0 Å². The second-order valence-electron chi connectivity index (χ2n) is 2.21. The summed E-state index contributed by atoms with van der Waals surface area (Å²) in [5, 5.41) is 8.20. The lowest BCUT2D eigenvalue weighted by atomic mass is 9.81. The van der Waals surface area contributed by atoms with E-state index in [0.29, 0.717) is 0 Å². The molecule has 1 nitrogen and oxygen atoms in total. The predicted molar refractivity (Wildman–Crippen MR) is 33.1 cm³/mol. The number of halogens is 4. The Balaban J connectivity index is 2.77. The first-order valence-corrected chi connectivity index (χ1v) is 3.32. The minimum Gasteiger partial charge on any atom is -0.203 e. The average molecular weight is 186 g/mol. The summed E-state index contributed by atoms with van der Waals surface area (Å²) in [7, 11) is 0. The number of alkyl halides is 4. The Morgan fingerprint density at radius 1 is 1.50 bits per heavy atom. The first-order valence-electron chi connectivity index (χ1n) is 2.57. The van der Waals surface area contributed by atoms with Crippen molar-refractivity contribution in [2.75, 3.05) is 0 Å². The maximum Gasteiger partial charge on any atom is 0.283 e. The fraction of sp³-hybridized carbons (Fsp3) is 0.800. The zero-order valence-electron chi connectivity index (χ0n) is 4.74. The number of hydrogen-bond acceptors (Lipinski definition) is 1. The van der Waals surface area contributed by atoms with Crippen molar-refractivity contribution in [1.29, 1.82) is 5.26 Å². The summed E-state index contributed by atoms with van der Waals surface area (Å²) in [6.07, 6.45) is -0.531. The van der Waals surface area contributed by atoms with Crippen molar-refractivity contribution in [2.24, 2.45) is 5.92 Å². The molecule has 1 aliphatic rings. The summed E-state index contributed by atoms with van der Waals surface area (Å²) in [4.78, 5) is 0. The first kappa shape index (κ1) is 8.03. The molecule has 0 aromatic rings. The van der Waals surface area contributed by atoms with Crippen LogP contribution in [0.5, 0.6) is 0 Å². The van der Waals surface area contributed by atoms with Gasteiger partial charge in [-0.2, -0.15) is 5.26 Å². The number of hydrogen-bond donors (Lipinski definition) is 0. The van der Waals surface area contributed by atoms with Gasteiger partial charge in [0.25, 0.3) is 5.92 Å². The highest BCUT2D eigenvalue weighted by Crippen LogP contribution is 2.58. The summed E-state index contributed by atoms with van der Waals surface area (Å²) >= 11 is 10.3. The molecule has 10 heavy (non-hydrogen) atoms. The third-order valence-electron chi connectivity index (χ3n) is 1.54. The summed E-state index contributed by atoms with van der Waals surface area (Å²) in [6.45, 7) is 0. The molecule has 0 bridgehead atoms. The van der Waals surface area contributed by atoms with Gasteiger partial charge in [0.05, 0.1) is 12.0 Å². The Kier molecular flexibility index (Phi) is 1.57. The third-order valence-corrected chi connectivity index (χ3v) is 2.62. The quantitative estimate of drug-likeness (QED) is 0.532. The molecule has 0 aromatic carbocycles. The third kappa shape index (κ3) is 0.792. The van der Waals surface area contributed by atoms with E-state index in [1.165, 1.54) is 0 Å². The van der Waals surface area contributed by atoms with E-state index in [-0.39, 0.29) is 0 Å². The Labute approximate surface area is 66.5 Å². The predicted octanol–water partition coefficient (Wildman–Crippen LogP) is 2.34. The zero-order valence-corrected chi connectivity index (χ0v) is 6.26. The molecule has 0 N–H and O–H groups in total. The molecule has 0 heterocycles. The molecule has 0 radical (unpaired) electrons. The van der Waals surface area contributed by atoms with Gasteiger partial charge in [-0.05, 0) is 0 Å². The monoisotopic (exact) mass is 185 g/mol. The van der Waals surface area contributed by atoms with Crippen molar-refractivity contribution in [3.63, 3.8) is 0 Å². The second-order valence-corrected chi connectivity index (χ2v) is 3.60. The van der Waals surface area contributed by atoms with Crippen molar-refractivity contribution in [3.05, 3.63) is 0 Å². The van der Waals surface area contributed by atoms with Gasteiger partial charge in [0.15, 0.2) is 4.33 Å². The van der Waals surface area contributed by atoms with E-state index in [9.17, 15) is 8.78 Å². The van der Waals surface area contributed by atoms with Crippen LogP contribution in [-0.2, 0) is 0 Å². The van der Waals surface area contributed by atoms with E-state index in [0.717, 1.165) is 0 Å². The van der Waals surface area contributed by atoms with E-state index in [4.69, 9.17) is 28.5 Å². The molecule has 0 amide bonds. The maximum absolute atomic E-state index is 12.3. The van der Waals surface area contributed by atoms with Crippen LogP contribution in [0.3, 0.4) is 0 Å². The van der Waals surface area contributed by atoms with Gasteiger partial charge >= 0.3 is 0 Å². The minimum atomic E-state index is -3.10. The van der Waals surface area contributed by atoms with Gasteiger partial charge in [-0.25, -0.2) is 8.78 Å². The normalized spacial score (nSPS) is 34.1. The van der Waals surface area contributed by atoms with Crippen LogP contribution in [0.2, 0.25) is 0 Å². The van der Waals surface area contributed by atoms with Crippen LogP contribution in [0.1, 0.15) is 6.42 Å². The van der Waals surface area contributed by atoms with Crippen molar-refractivity contribution >= 4 is 23.2 Å². The van der Waals surface area contributed by atoms with Gasteiger partial charge in [-0.15, -0.1) is 0 Å². The highest BCUT2D eigenvalue weighted by molar-refractivity contribution is 6.50. The first-order chi connectivity index (χ1) is 4.42. The van der Waals surface area contributed by atoms with E-state index < -0.39 is 22.6 Å². The number of rotatable bonds is 0. The Morgan fingerprint density at radius 2 is 2.00 bits per heavy atom. The molecule has 1 rings (SSSR count). The van der Waals surface area contributed by atoms with E-state index >= 15 is 0 Å². The van der Waals surface area contributed by atoms with Gasteiger partial charge in [-0.1, -0.05) is 23.2 Å². The van der Waals surface area contributed by atoms with Crippen LogP contribution in [-0.4, -0.2) is 10.3 Å². The number of nitrogens with zero attached hydrogens (tertiary/aromatic N) is 1. The minimum absolute atomic E-state index is 0.531. The molecule has 1 fully saturated rings. The molecular weight excluding hydrogens is 183 g/mol. The topological polar surface area (TPSA) is 23.8 Å². The lowest BCUT2D eigenvalue weighted by Crippen LogP contribution is -2.56. The van der Waals surface area contributed by atoms with E-state index in [1.54, 1.807) is 6.07 Å². The standard InChI is InChI=1S/C5H3Cl2F2N/c6-5(7)3(2-10)1-4(5,8)9/h3H,1H2. The van der Waals surface area contributed by atoms with Crippen molar-refractivity contribution in [2.45, 2.75) is 16.7 Å². The molecular formula is C5H3Cl2F2N. The fourth-order valence-electron chi connectivity index (χ4n) is 0.771. The van der Waals surface area contributed by atoms with Crippen LogP contribution in [0.15, 0.2) is 0 Å². The van der Waals surface area contributed by atoms with Gasteiger partial charge < -0.3 is 0 Å². The van der Waals surface area contributed by atoms with Gasteiger partial charge in [0.1, 0.15) is 0 Å². The Morgan fingerprint density at radius 3 is 2.10 bits per heavy atom. The van der Waals surface area contributed by atoms with Crippen LogP contribution < -0.4 is 0 Å². The smallest absolute Gasteiger partial charge is 0.203 e. The molecule has 0 saturated heterocycles. The Bertz CT molecular complexity index is 196. The van der Waals surface area contributed by atoms with Crippen LogP contribution >= 0.6 is 23.2 Å². The molecule has 1 saturated carbocycles. The molecule has 0 aliphatic heterocycles. The molecule has 0 spiro atoms. The second kappa shape index (κ2) is 1.96. The molecule has 1 atom stereocenters. The Hall–Kier alpha value is -0.0700. The van der Waals surface area contributed by atoms with E-state index in [1.807, 2.05) is 0 Å². The summed E-state index contributed by atoms with van der Waals surface area (Å²) in [6, 6.07) is 1.60. The van der Waals surface area contributed by atoms with Crippen LogP contribution in [0, 0.1) is 17.2 Å². The molecule has 5 heteroatoms. The van der Waals surface area contributed by atoms with Gasteiger partial charge in [0, 0.05) is 6.42 Å². The lowest BCUT2D eigenvalue weighted by Gasteiger charge is -2.43. The fourth-order valence-corrected chi connectivity index (χ4v) is 1.18. The highest BCUT2D eigenvalue weighted by atomic mass is 35.5. The molecule has 1 aliphatic carbocycles. The van der Waals surface area contributed by atoms with Crippen molar-refractivity contribution < 1.29 is 8.78 Å². The zero-order chi connectivity index (χ0) is 7.99. The highest BCUT2D eigenvalue weighted by Gasteiger charge is 2.67. The summed E-state index contributed by atoms with van der Waals surface area (Å²) < 4.78 is 22.5. The van der Waals surface area contributed by atoms with Crippen molar-refractivity contribution in [3.8, 4) is 6.07 Å². The summed E-state index contributed by atoms with van der Waals surface area (Å²) in [5.41, 5.74) is 0. The van der Waals surface area contributed by atoms with Crippen molar-refractivity contribution in [1.82, 2.24) is 0 Å². The average Bonchev–Trinajstić information content (AvgIpc) is 1.83. The largest absolute Gasteiger partial charge is 0.283 e. The van der Waals surface area contributed by atoms with Crippen LogP contribution in [0.25, 0.3) is 0 Å². The molecule has 0 aromatic heterocycles. The molecule has 56 valence electrons. The number of nitriles is 1. The molecule has 1 unspecified atom stereocenters. The van der Waals surface area contributed by atoms with Gasteiger partial charge in [0.2, 0.25) is 0 Å². The maximum atomic E-state index is 12.3. The summed E-state index contributed by atoms with van der Waals surface area (Å²) in [5.74, 6) is -4.04. The van der Waals surface area contributed by atoms with Crippen LogP contribution in [0.4, 0.5) is 8.78 Å². The SMILES string of the molecule is N#CC1CC(F)(F)C1(Cl)Cl. The lowest BCUT2D eigenvalue weighted by molar-refractivity contribution is -0.106. The van der Waals surface area contributed by atoms with E-state index in [2.05, 4.69) is 0 Å².